The van der Waals surface area contributed by atoms with Gasteiger partial charge in [-0.2, -0.15) is 20.2 Å². The maximum Gasteiger partial charge on any atom is 0.322 e. The Labute approximate surface area is 116 Å². The first-order chi connectivity index (χ1) is 9.66. The summed E-state index contributed by atoms with van der Waals surface area (Å²) in [6, 6.07) is 7.66. The van der Waals surface area contributed by atoms with E-state index in [1.165, 1.54) is 7.11 Å². The lowest BCUT2D eigenvalue weighted by atomic mass is 10.1. The van der Waals surface area contributed by atoms with Crippen LogP contribution < -0.4 is 15.4 Å². The Bertz CT molecular complexity index is 642. The Morgan fingerprint density at radius 3 is 2.60 bits per heavy atom. The number of aromatic nitrogens is 3. The van der Waals surface area contributed by atoms with Crippen LogP contribution in [0.3, 0.4) is 0 Å². The Hall–Kier alpha value is -2.88. The van der Waals surface area contributed by atoms with Gasteiger partial charge in [-0.1, -0.05) is 6.07 Å². The van der Waals surface area contributed by atoms with Gasteiger partial charge in [-0.3, -0.25) is 0 Å². The summed E-state index contributed by atoms with van der Waals surface area (Å²) >= 11 is 0. The zero-order valence-electron chi connectivity index (χ0n) is 11.4. The molecule has 0 spiro atoms. The van der Waals surface area contributed by atoms with Gasteiger partial charge in [-0.25, -0.2) is 0 Å². The number of rotatable bonds is 4. The van der Waals surface area contributed by atoms with E-state index in [0.717, 1.165) is 11.3 Å². The molecule has 0 fully saturated rings. The lowest BCUT2D eigenvalue weighted by Crippen LogP contribution is -2.06. The first kappa shape index (κ1) is 13.5. The molecule has 2 N–H and O–H groups in total. The van der Waals surface area contributed by atoms with Crippen LogP contribution in [0.1, 0.15) is 11.1 Å². The first-order valence-electron chi connectivity index (χ1n) is 5.92. The van der Waals surface area contributed by atoms with Crippen LogP contribution in [0.25, 0.3) is 0 Å². The SMILES string of the molecule is CNc1nc(Nc2cc(C#N)ccc2C)nc(OC)n1. The van der Waals surface area contributed by atoms with Crippen molar-refractivity contribution >= 4 is 17.6 Å². The molecule has 2 rings (SSSR count). The summed E-state index contributed by atoms with van der Waals surface area (Å²) < 4.78 is 5.02. The minimum Gasteiger partial charge on any atom is -0.467 e. The lowest BCUT2D eigenvalue weighted by molar-refractivity contribution is 0.379. The first-order valence-corrected chi connectivity index (χ1v) is 5.92. The summed E-state index contributed by atoms with van der Waals surface area (Å²) in [6.45, 7) is 1.93. The number of benzene rings is 1. The number of nitriles is 1. The number of hydrogen-bond donors (Lipinski definition) is 2. The molecule has 0 saturated heterocycles. The summed E-state index contributed by atoms with van der Waals surface area (Å²) in [4.78, 5) is 12.3. The molecule has 7 heteroatoms. The number of anilines is 3. The van der Waals surface area contributed by atoms with Gasteiger partial charge >= 0.3 is 6.01 Å². The van der Waals surface area contributed by atoms with Crippen LogP contribution in [0.4, 0.5) is 17.6 Å². The van der Waals surface area contributed by atoms with Crippen molar-refractivity contribution in [1.29, 1.82) is 5.26 Å². The van der Waals surface area contributed by atoms with Gasteiger partial charge in [0.2, 0.25) is 11.9 Å². The van der Waals surface area contributed by atoms with Crippen molar-refractivity contribution in [2.75, 3.05) is 24.8 Å². The number of nitrogens with one attached hydrogen (secondary N) is 2. The number of methoxy groups -OCH3 is 1. The number of aryl methyl sites for hydroxylation is 1. The molecular formula is C13H14N6O. The van der Waals surface area contributed by atoms with Crippen LogP contribution in [-0.2, 0) is 0 Å². The molecule has 0 unspecified atom stereocenters. The zero-order valence-corrected chi connectivity index (χ0v) is 11.4. The van der Waals surface area contributed by atoms with Crippen molar-refractivity contribution in [1.82, 2.24) is 15.0 Å². The van der Waals surface area contributed by atoms with E-state index in [1.54, 1.807) is 19.2 Å². The van der Waals surface area contributed by atoms with Crippen molar-refractivity contribution in [2.45, 2.75) is 6.92 Å². The Morgan fingerprint density at radius 1 is 1.20 bits per heavy atom. The van der Waals surface area contributed by atoms with Crippen molar-refractivity contribution in [2.24, 2.45) is 0 Å². The molecule has 2 aromatic rings. The van der Waals surface area contributed by atoms with E-state index in [2.05, 4.69) is 31.7 Å². The van der Waals surface area contributed by atoms with Gasteiger partial charge in [0.15, 0.2) is 0 Å². The van der Waals surface area contributed by atoms with E-state index >= 15 is 0 Å². The van der Waals surface area contributed by atoms with Gasteiger partial charge in [0.05, 0.1) is 18.7 Å². The van der Waals surface area contributed by atoms with E-state index in [9.17, 15) is 0 Å². The third kappa shape index (κ3) is 2.92. The van der Waals surface area contributed by atoms with Crippen LogP contribution in [0.5, 0.6) is 6.01 Å². The van der Waals surface area contributed by atoms with Crippen LogP contribution in [-0.4, -0.2) is 29.1 Å². The van der Waals surface area contributed by atoms with Crippen molar-refractivity contribution < 1.29 is 4.74 Å². The van der Waals surface area contributed by atoms with Crippen LogP contribution in [0.15, 0.2) is 18.2 Å². The number of ether oxygens (including phenoxy) is 1. The summed E-state index contributed by atoms with van der Waals surface area (Å²) in [5.41, 5.74) is 2.31. The minimum absolute atomic E-state index is 0.209. The standard InChI is InChI=1S/C13H14N6O/c1-8-4-5-9(7-14)6-10(8)16-12-17-11(15-2)18-13(19-12)20-3/h4-6H,1-3H3,(H2,15,16,17,18,19). The van der Waals surface area contributed by atoms with Crippen molar-refractivity contribution in [3.05, 3.63) is 29.3 Å². The third-order valence-corrected chi connectivity index (χ3v) is 2.63. The Balaban J connectivity index is 2.36. The van der Waals surface area contributed by atoms with Gasteiger partial charge in [-0.05, 0) is 24.6 Å². The Kier molecular flexibility index (Phi) is 3.96. The molecule has 0 radical (unpaired) electrons. The topological polar surface area (TPSA) is 95.8 Å². The molecule has 0 aliphatic rings. The van der Waals surface area contributed by atoms with Gasteiger partial charge < -0.3 is 15.4 Å². The maximum absolute atomic E-state index is 8.93. The molecule has 1 heterocycles. The fourth-order valence-corrected chi connectivity index (χ4v) is 1.56. The van der Waals surface area contributed by atoms with E-state index in [0.29, 0.717) is 17.5 Å². The van der Waals surface area contributed by atoms with E-state index in [1.807, 2.05) is 13.0 Å². The summed E-state index contributed by atoms with van der Waals surface area (Å²) in [6.07, 6.45) is 0. The Morgan fingerprint density at radius 2 is 1.95 bits per heavy atom. The predicted octanol–water partition coefficient (Wildman–Crippen LogP) is 1.85. The minimum atomic E-state index is 0.209. The molecular weight excluding hydrogens is 256 g/mol. The van der Waals surface area contributed by atoms with E-state index in [4.69, 9.17) is 10.00 Å². The van der Waals surface area contributed by atoms with Crippen LogP contribution in [0, 0.1) is 18.3 Å². The highest BCUT2D eigenvalue weighted by Gasteiger charge is 2.08. The third-order valence-electron chi connectivity index (χ3n) is 2.63. The normalized spacial score (nSPS) is 9.70. The zero-order chi connectivity index (χ0) is 14.5. The summed E-state index contributed by atoms with van der Waals surface area (Å²) in [5.74, 6) is 0.743. The maximum atomic E-state index is 8.93. The van der Waals surface area contributed by atoms with Gasteiger partial charge in [0, 0.05) is 12.7 Å². The molecule has 0 saturated carbocycles. The van der Waals surface area contributed by atoms with Gasteiger partial charge in [0.1, 0.15) is 0 Å². The fraction of sp³-hybridized carbons (Fsp3) is 0.231. The van der Waals surface area contributed by atoms with Crippen molar-refractivity contribution in [3.8, 4) is 12.1 Å². The molecule has 0 atom stereocenters. The second kappa shape index (κ2) is 5.84. The average Bonchev–Trinajstić information content (AvgIpc) is 2.49. The number of nitrogens with zero attached hydrogens (tertiary/aromatic N) is 4. The average molecular weight is 270 g/mol. The smallest absolute Gasteiger partial charge is 0.322 e. The van der Waals surface area contributed by atoms with E-state index < -0.39 is 0 Å². The molecule has 0 aliphatic carbocycles. The monoisotopic (exact) mass is 270 g/mol. The molecule has 1 aromatic carbocycles. The molecule has 0 aliphatic heterocycles. The second-order valence-corrected chi connectivity index (χ2v) is 3.99. The van der Waals surface area contributed by atoms with Gasteiger partial charge in [0.25, 0.3) is 0 Å². The number of hydrogen-bond acceptors (Lipinski definition) is 7. The van der Waals surface area contributed by atoms with Crippen molar-refractivity contribution in [3.63, 3.8) is 0 Å². The molecule has 0 amide bonds. The summed E-state index contributed by atoms with van der Waals surface area (Å²) in [5, 5.41) is 14.8. The largest absolute Gasteiger partial charge is 0.467 e. The predicted molar refractivity (Wildman–Crippen MR) is 75.1 cm³/mol. The summed E-state index contributed by atoms with van der Waals surface area (Å²) in [7, 11) is 3.19. The highest BCUT2D eigenvalue weighted by molar-refractivity contribution is 5.61. The molecule has 0 bridgehead atoms. The molecule has 7 nitrogen and oxygen atoms in total. The highest BCUT2D eigenvalue weighted by atomic mass is 16.5. The lowest BCUT2D eigenvalue weighted by Gasteiger charge is -2.10. The van der Waals surface area contributed by atoms with Gasteiger partial charge in [-0.15, -0.1) is 0 Å². The molecule has 20 heavy (non-hydrogen) atoms. The van der Waals surface area contributed by atoms with Crippen LogP contribution in [0.2, 0.25) is 0 Å². The quantitative estimate of drug-likeness (QED) is 0.875. The second-order valence-electron chi connectivity index (χ2n) is 3.99. The fourth-order valence-electron chi connectivity index (χ4n) is 1.56. The van der Waals surface area contributed by atoms with Crippen LogP contribution >= 0.6 is 0 Å². The van der Waals surface area contributed by atoms with E-state index in [-0.39, 0.29) is 6.01 Å². The molecule has 1 aromatic heterocycles. The highest BCUT2D eigenvalue weighted by Crippen LogP contribution is 2.21. The molecule has 102 valence electrons.